The fourth-order valence-corrected chi connectivity index (χ4v) is 2.65. The van der Waals surface area contributed by atoms with E-state index in [1.54, 1.807) is 20.4 Å². The van der Waals surface area contributed by atoms with Crippen molar-refractivity contribution in [3.05, 3.63) is 72.6 Å². The number of halogens is 1. The number of aromatic nitrogens is 2. The first-order valence-corrected chi connectivity index (χ1v) is 9.09. The third-order valence-electron chi connectivity index (χ3n) is 4.09. The molecule has 0 spiro atoms. The van der Waals surface area contributed by atoms with Gasteiger partial charge >= 0.3 is 0 Å². The van der Waals surface area contributed by atoms with E-state index >= 15 is 0 Å². The lowest BCUT2D eigenvalue weighted by Crippen LogP contribution is -2.38. The van der Waals surface area contributed by atoms with Crippen molar-refractivity contribution in [2.45, 2.75) is 6.54 Å². The van der Waals surface area contributed by atoms with Crippen LogP contribution >= 0.6 is 24.0 Å². The first-order valence-electron chi connectivity index (χ1n) is 9.09. The summed E-state index contributed by atoms with van der Waals surface area (Å²) in [6.45, 7) is 1.83. The van der Waals surface area contributed by atoms with Gasteiger partial charge < -0.3 is 20.1 Å². The summed E-state index contributed by atoms with van der Waals surface area (Å²) < 4.78 is 12.7. The zero-order valence-corrected chi connectivity index (χ0v) is 18.9. The Labute approximate surface area is 188 Å². The van der Waals surface area contributed by atoms with Crippen molar-refractivity contribution in [2.24, 2.45) is 4.99 Å². The predicted molar refractivity (Wildman–Crippen MR) is 126 cm³/mol. The zero-order valence-electron chi connectivity index (χ0n) is 16.5. The van der Waals surface area contributed by atoms with Crippen LogP contribution in [0.3, 0.4) is 0 Å². The molecule has 0 fully saturated rings. The van der Waals surface area contributed by atoms with Crippen LogP contribution in [0.4, 0.5) is 0 Å². The largest absolute Gasteiger partial charge is 0.497 e. The van der Waals surface area contributed by atoms with Crippen molar-refractivity contribution in [2.75, 3.05) is 27.3 Å². The van der Waals surface area contributed by atoms with Gasteiger partial charge in [-0.3, -0.25) is 4.99 Å². The maximum absolute atomic E-state index is 5.71. The van der Waals surface area contributed by atoms with E-state index in [1.165, 1.54) is 0 Å². The van der Waals surface area contributed by atoms with Gasteiger partial charge in [-0.25, -0.2) is 4.68 Å². The molecular weight excluding hydrogens is 481 g/mol. The van der Waals surface area contributed by atoms with Crippen LogP contribution in [0.15, 0.2) is 72.0 Å². The SMILES string of the molecule is CN=C(NCCOc1ccc(OC)cc1)NCc1cccc(-n2cccn2)c1.I. The molecule has 0 saturated heterocycles. The summed E-state index contributed by atoms with van der Waals surface area (Å²) in [5.74, 6) is 2.34. The molecule has 0 saturated carbocycles. The van der Waals surface area contributed by atoms with E-state index in [4.69, 9.17) is 9.47 Å². The van der Waals surface area contributed by atoms with Crippen LogP contribution in [0.1, 0.15) is 5.56 Å². The van der Waals surface area contributed by atoms with E-state index in [2.05, 4.69) is 32.9 Å². The summed E-state index contributed by atoms with van der Waals surface area (Å²) in [6.07, 6.45) is 3.69. The molecule has 0 unspecified atom stereocenters. The number of aliphatic imine (C=N–C) groups is 1. The van der Waals surface area contributed by atoms with Gasteiger partial charge in [0.1, 0.15) is 18.1 Å². The Morgan fingerprint density at radius 2 is 1.86 bits per heavy atom. The van der Waals surface area contributed by atoms with Gasteiger partial charge in [-0.2, -0.15) is 5.10 Å². The van der Waals surface area contributed by atoms with Gasteiger partial charge in [0.05, 0.1) is 19.3 Å². The van der Waals surface area contributed by atoms with Gasteiger partial charge in [0.15, 0.2) is 5.96 Å². The van der Waals surface area contributed by atoms with Gasteiger partial charge in [0, 0.05) is 26.0 Å². The number of benzene rings is 2. The Hall–Kier alpha value is -2.75. The molecule has 7 nitrogen and oxygen atoms in total. The molecule has 1 heterocycles. The van der Waals surface area contributed by atoms with Crippen LogP contribution in [0.2, 0.25) is 0 Å². The Balaban J connectivity index is 0.00000300. The second-order valence-corrected chi connectivity index (χ2v) is 6.00. The van der Waals surface area contributed by atoms with E-state index < -0.39 is 0 Å². The van der Waals surface area contributed by atoms with Gasteiger partial charge in [-0.15, -0.1) is 24.0 Å². The minimum atomic E-state index is 0. The summed E-state index contributed by atoms with van der Waals surface area (Å²) in [5, 5.41) is 10.8. The average molecular weight is 507 g/mol. The van der Waals surface area contributed by atoms with Crippen molar-refractivity contribution in [3.63, 3.8) is 0 Å². The third kappa shape index (κ3) is 6.97. The first-order chi connectivity index (χ1) is 13.8. The molecule has 154 valence electrons. The molecule has 3 rings (SSSR count). The summed E-state index contributed by atoms with van der Waals surface area (Å²) in [6, 6.07) is 17.6. The highest BCUT2D eigenvalue weighted by atomic mass is 127. The highest BCUT2D eigenvalue weighted by molar-refractivity contribution is 14.0. The molecule has 0 aliphatic rings. The Bertz CT molecular complexity index is 882. The number of nitrogens with one attached hydrogen (secondary N) is 2. The highest BCUT2D eigenvalue weighted by Gasteiger charge is 2.02. The van der Waals surface area contributed by atoms with Crippen molar-refractivity contribution >= 4 is 29.9 Å². The molecule has 0 atom stereocenters. The summed E-state index contributed by atoms with van der Waals surface area (Å²) in [5.41, 5.74) is 2.17. The van der Waals surface area contributed by atoms with Crippen molar-refractivity contribution in [1.29, 1.82) is 0 Å². The maximum atomic E-state index is 5.71. The minimum absolute atomic E-state index is 0. The molecule has 8 heteroatoms. The number of ether oxygens (including phenoxy) is 2. The van der Waals surface area contributed by atoms with Crippen LogP contribution in [-0.2, 0) is 6.54 Å². The molecule has 1 aromatic heterocycles. The number of nitrogens with zero attached hydrogens (tertiary/aromatic N) is 3. The average Bonchev–Trinajstić information content (AvgIpc) is 3.29. The maximum Gasteiger partial charge on any atom is 0.191 e. The van der Waals surface area contributed by atoms with E-state index in [9.17, 15) is 0 Å². The zero-order chi connectivity index (χ0) is 19.6. The highest BCUT2D eigenvalue weighted by Crippen LogP contribution is 2.16. The fourth-order valence-electron chi connectivity index (χ4n) is 2.65. The lowest BCUT2D eigenvalue weighted by atomic mass is 10.2. The molecule has 2 N–H and O–H groups in total. The van der Waals surface area contributed by atoms with E-state index in [1.807, 2.05) is 53.3 Å². The topological polar surface area (TPSA) is 72.7 Å². The number of hydrogen-bond acceptors (Lipinski definition) is 4. The quantitative estimate of drug-likeness (QED) is 0.212. The van der Waals surface area contributed by atoms with Crippen molar-refractivity contribution in [3.8, 4) is 17.2 Å². The standard InChI is InChI=1S/C21H25N5O2.HI/c1-22-21(23-12-14-28-20-9-7-19(27-2)8-10-20)24-16-17-5-3-6-18(15-17)26-13-4-11-25-26;/h3-11,13,15H,12,14,16H2,1-2H3,(H2,22,23,24);1H. The Kier molecular flexibility index (Phi) is 9.29. The van der Waals surface area contributed by atoms with E-state index in [0.29, 0.717) is 19.7 Å². The number of guanidine groups is 1. The minimum Gasteiger partial charge on any atom is -0.497 e. The summed E-state index contributed by atoms with van der Waals surface area (Å²) in [7, 11) is 3.39. The van der Waals surface area contributed by atoms with Gasteiger partial charge in [-0.1, -0.05) is 12.1 Å². The monoisotopic (exact) mass is 507 g/mol. The first kappa shape index (κ1) is 22.5. The fraction of sp³-hybridized carbons (Fsp3) is 0.238. The second-order valence-electron chi connectivity index (χ2n) is 6.00. The molecule has 0 bridgehead atoms. The van der Waals surface area contributed by atoms with Crippen LogP contribution < -0.4 is 20.1 Å². The van der Waals surface area contributed by atoms with Crippen LogP contribution in [0, 0.1) is 0 Å². The smallest absolute Gasteiger partial charge is 0.191 e. The van der Waals surface area contributed by atoms with Crippen LogP contribution in [0.5, 0.6) is 11.5 Å². The lowest BCUT2D eigenvalue weighted by Gasteiger charge is -2.13. The molecule has 2 aromatic carbocycles. The van der Waals surface area contributed by atoms with Crippen molar-refractivity contribution < 1.29 is 9.47 Å². The molecule has 0 radical (unpaired) electrons. The lowest BCUT2D eigenvalue weighted by molar-refractivity contribution is 0.321. The third-order valence-corrected chi connectivity index (χ3v) is 4.09. The molecular formula is C21H26IN5O2. The number of rotatable bonds is 8. The normalized spacial score (nSPS) is 10.8. The van der Waals surface area contributed by atoms with E-state index in [0.717, 1.165) is 28.7 Å². The van der Waals surface area contributed by atoms with Gasteiger partial charge in [-0.05, 0) is 48.0 Å². The van der Waals surface area contributed by atoms with E-state index in [-0.39, 0.29) is 24.0 Å². The Morgan fingerprint density at radius 1 is 1.07 bits per heavy atom. The van der Waals surface area contributed by atoms with Gasteiger partial charge in [0.25, 0.3) is 0 Å². The Morgan fingerprint density at radius 3 is 2.55 bits per heavy atom. The molecule has 0 aliphatic carbocycles. The number of methoxy groups -OCH3 is 1. The molecule has 0 amide bonds. The second kappa shape index (κ2) is 11.9. The summed E-state index contributed by atoms with van der Waals surface area (Å²) >= 11 is 0. The molecule has 29 heavy (non-hydrogen) atoms. The molecule has 3 aromatic rings. The van der Waals surface area contributed by atoms with Gasteiger partial charge in [0.2, 0.25) is 0 Å². The van der Waals surface area contributed by atoms with Crippen LogP contribution in [0.25, 0.3) is 5.69 Å². The number of hydrogen-bond donors (Lipinski definition) is 2. The van der Waals surface area contributed by atoms with Crippen LogP contribution in [-0.4, -0.2) is 43.0 Å². The predicted octanol–water partition coefficient (Wildman–Crippen LogP) is 3.24. The molecule has 0 aliphatic heterocycles. The summed E-state index contributed by atoms with van der Waals surface area (Å²) in [4.78, 5) is 4.25. The van der Waals surface area contributed by atoms with Crippen molar-refractivity contribution in [1.82, 2.24) is 20.4 Å².